The number of ether oxygens (including phenoxy) is 25. The molecule has 2 heterocycles. The number of rotatable bonds is 95. The zero-order valence-electron chi connectivity index (χ0n) is 70.2. The summed E-state index contributed by atoms with van der Waals surface area (Å²) >= 11 is 0. The zero-order chi connectivity index (χ0) is 85.5. The lowest BCUT2D eigenvalue weighted by Gasteiger charge is -2.19. The second-order valence-corrected chi connectivity index (χ2v) is 25.2. The number of carbonyl (C=O) groups is 9. The van der Waals surface area contributed by atoms with E-state index in [-0.39, 0.29) is 88.1 Å². The van der Waals surface area contributed by atoms with Gasteiger partial charge in [-0.25, -0.2) is 0 Å². The SMILES string of the molecule is CCOCCNC(=O)[C@H](CCCCNC(=O)CCOCCOCCOCCOCCOCCOCCOCCOCCOCCOCCOCCOCCNC(=O)CCN1C(=O)C=CC1=O)NC(=O)CCOCCOCCOCCOCCOCCOCCOCCOCCOCCOCCOCCOCCNC(=O)CCN1C(=O)C=CC1=O. The summed E-state index contributed by atoms with van der Waals surface area (Å²) in [6.07, 6.45) is 6.63. The third-order valence-corrected chi connectivity index (χ3v) is 15.8. The molecule has 2 aliphatic heterocycles. The van der Waals surface area contributed by atoms with Crippen LogP contribution in [-0.4, -0.2) is 439 Å². The molecule has 0 radical (unpaired) electrons. The van der Waals surface area contributed by atoms with E-state index in [1.54, 1.807) is 0 Å². The topological polar surface area (TPSA) is 451 Å². The number of amides is 9. The van der Waals surface area contributed by atoms with Crippen molar-refractivity contribution in [2.75, 3.05) is 370 Å². The summed E-state index contributed by atoms with van der Waals surface area (Å²) in [5, 5.41) is 13.9. The van der Waals surface area contributed by atoms with Crippen LogP contribution in [0, 0.1) is 0 Å². The summed E-state index contributed by atoms with van der Waals surface area (Å²) in [6, 6.07) is -0.758. The number of unbranched alkanes of at least 4 members (excludes halogenated alkanes) is 1. The van der Waals surface area contributed by atoms with E-state index in [0.29, 0.717) is 356 Å². The first-order valence-corrected chi connectivity index (χ1v) is 41.4. The molecular formula is C78H139N7O34. The van der Waals surface area contributed by atoms with Gasteiger partial charge < -0.3 is 145 Å². The molecule has 0 aromatic heterocycles. The average molecular weight is 1720 g/mol. The van der Waals surface area contributed by atoms with Gasteiger partial charge in [0.15, 0.2) is 0 Å². The van der Waals surface area contributed by atoms with E-state index in [1.807, 2.05) is 6.92 Å². The minimum Gasteiger partial charge on any atom is -0.380 e. The van der Waals surface area contributed by atoms with Gasteiger partial charge in [0.25, 0.3) is 23.6 Å². The van der Waals surface area contributed by atoms with E-state index in [9.17, 15) is 43.2 Å². The molecular weight excluding hydrogens is 1580 g/mol. The lowest BCUT2D eigenvalue weighted by Crippen LogP contribution is -2.47. The van der Waals surface area contributed by atoms with Crippen LogP contribution in [0.25, 0.3) is 0 Å². The molecule has 0 bridgehead atoms. The van der Waals surface area contributed by atoms with Crippen molar-refractivity contribution in [3.63, 3.8) is 0 Å². The second-order valence-electron chi connectivity index (χ2n) is 25.2. The lowest BCUT2D eigenvalue weighted by molar-refractivity contribution is -0.139. The third kappa shape index (κ3) is 73.4. The number of carbonyl (C=O) groups excluding carboxylic acids is 9. The van der Waals surface area contributed by atoms with Crippen LogP contribution in [0.1, 0.15) is 51.9 Å². The third-order valence-electron chi connectivity index (χ3n) is 15.8. The predicted molar refractivity (Wildman–Crippen MR) is 424 cm³/mol. The molecule has 0 saturated carbocycles. The van der Waals surface area contributed by atoms with Gasteiger partial charge in [-0.05, 0) is 26.2 Å². The first-order chi connectivity index (χ1) is 58.5. The minimum absolute atomic E-state index is 0.0350. The number of nitrogens with one attached hydrogen (secondary N) is 5. The average Bonchev–Trinajstić information content (AvgIpc) is 1.75. The largest absolute Gasteiger partial charge is 0.380 e. The molecule has 0 aliphatic carbocycles. The van der Waals surface area contributed by atoms with Crippen LogP contribution in [0.15, 0.2) is 24.3 Å². The zero-order valence-corrected chi connectivity index (χ0v) is 70.2. The first kappa shape index (κ1) is 109. The standard InChI is InChI=1S/C78H139N7O34/c1-2-95-22-17-82-78(94)69(83-73(89)13-21-97-26-30-101-34-38-105-42-46-109-50-54-113-58-62-117-66-68-119-64-60-115-56-52-111-48-44-107-40-36-103-32-28-99-24-16-81-71(87)11-19-85-76(92)8-9-77(85)93)5-3-4-14-79-72(88)12-20-96-25-29-100-33-37-104-41-45-108-49-53-112-57-61-116-65-67-118-63-59-114-55-51-110-47-43-106-39-35-102-31-27-98-23-15-80-70(86)10-18-84-74(90)6-7-75(84)91/h6-9,69H,2-5,10-68H2,1H3,(H,79,88)(H,80,86)(H,81,87)(H,82,94)(H,83,89)/t69-/m0/s1. The molecule has 0 unspecified atom stereocenters. The Hall–Kier alpha value is -5.89. The normalized spacial score (nSPS) is 12.9. The van der Waals surface area contributed by atoms with Crippen molar-refractivity contribution in [1.82, 2.24) is 36.4 Å². The quantitative estimate of drug-likeness (QED) is 0.0323. The van der Waals surface area contributed by atoms with E-state index >= 15 is 0 Å². The highest BCUT2D eigenvalue weighted by Crippen LogP contribution is 2.07. The summed E-state index contributed by atoms with van der Waals surface area (Å²) in [6.45, 7) is 23.3. The molecule has 2 rings (SSSR count). The summed E-state index contributed by atoms with van der Waals surface area (Å²) in [4.78, 5) is 110. The van der Waals surface area contributed by atoms with E-state index in [1.165, 1.54) is 24.3 Å². The Labute approximate surface area is 700 Å². The summed E-state index contributed by atoms with van der Waals surface area (Å²) in [7, 11) is 0. The number of hydrogen-bond donors (Lipinski definition) is 5. The number of nitrogens with zero attached hydrogens (tertiary/aromatic N) is 2. The van der Waals surface area contributed by atoms with Gasteiger partial charge in [-0.1, -0.05) is 0 Å². The summed E-state index contributed by atoms with van der Waals surface area (Å²) < 4.78 is 138. The highest BCUT2D eigenvalue weighted by Gasteiger charge is 2.25. The van der Waals surface area contributed by atoms with Gasteiger partial charge in [-0.3, -0.25) is 53.0 Å². The van der Waals surface area contributed by atoms with E-state index in [0.717, 1.165) is 9.80 Å². The number of imide groups is 2. The fraction of sp³-hybridized carbons (Fsp3) is 0.833. The van der Waals surface area contributed by atoms with E-state index < -0.39 is 29.7 Å². The Morgan fingerprint density at radius 2 is 0.445 bits per heavy atom. The maximum absolute atomic E-state index is 13.0. The van der Waals surface area contributed by atoms with E-state index in [2.05, 4.69) is 26.6 Å². The van der Waals surface area contributed by atoms with Gasteiger partial charge in [-0.15, -0.1) is 0 Å². The smallest absolute Gasteiger partial charge is 0.253 e. The predicted octanol–water partition coefficient (Wildman–Crippen LogP) is -2.05. The monoisotopic (exact) mass is 1720 g/mol. The molecule has 41 heteroatoms. The maximum Gasteiger partial charge on any atom is 0.253 e. The molecule has 1 atom stereocenters. The second kappa shape index (κ2) is 85.7. The van der Waals surface area contributed by atoms with Crippen molar-refractivity contribution in [1.29, 1.82) is 0 Å². The van der Waals surface area contributed by atoms with Gasteiger partial charge in [0.05, 0.1) is 324 Å². The van der Waals surface area contributed by atoms with Crippen LogP contribution >= 0.6 is 0 Å². The van der Waals surface area contributed by atoms with Gasteiger partial charge in [-0.2, -0.15) is 0 Å². The Kier molecular flexibility index (Phi) is 78.6. The molecule has 9 amide bonds. The fourth-order valence-electron chi connectivity index (χ4n) is 9.64. The molecule has 0 aromatic rings. The van der Waals surface area contributed by atoms with Crippen molar-refractivity contribution in [2.24, 2.45) is 0 Å². The van der Waals surface area contributed by atoms with Crippen molar-refractivity contribution in [3.05, 3.63) is 24.3 Å². The van der Waals surface area contributed by atoms with Gasteiger partial charge in [0, 0.05) is 95.9 Å². The molecule has 5 N–H and O–H groups in total. The number of hydrogen-bond acceptors (Lipinski definition) is 34. The molecule has 0 aromatic carbocycles. The van der Waals surface area contributed by atoms with Crippen molar-refractivity contribution < 1.29 is 162 Å². The molecule has 0 spiro atoms. The van der Waals surface area contributed by atoms with Crippen LogP contribution in [0.4, 0.5) is 0 Å². The highest BCUT2D eigenvalue weighted by molar-refractivity contribution is 6.13. The molecule has 0 fully saturated rings. The molecule has 690 valence electrons. The van der Waals surface area contributed by atoms with Gasteiger partial charge in [0.1, 0.15) is 6.04 Å². The van der Waals surface area contributed by atoms with Gasteiger partial charge >= 0.3 is 0 Å². The Morgan fingerprint density at radius 1 is 0.244 bits per heavy atom. The van der Waals surface area contributed by atoms with Crippen molar-refractivity contribution in [2.45, 2.75) is 57.9 Å². The van der Waals surface area contributed by atoms with Crippen LogP contribution in [0.3, 0.4) is 0 Å². The Bertz CT molecular complexity index is 2510. The van der Waals surface area contributed by atoms with E-state index in [4.69, 9.17) is 118 Å². The van der Waals surface area contributed by atoms with Crippen LogP contribution < -0.4 is 26.6 Å². The highest BCUT2D eigenvalue weighted by atomic mass is 16.6. The Morgan fingerprint density at radius 3 is 0.697 bits per heavy atom. The molecule has 119 heavy (non-hydrogen) atoms. The maximum atomic E-state index is 13.0. The lowest BCUT2D eigenvalue weighted by atomic mass is 10.1. The van der Waals surface area contributed by atoms with Crippen molar-refractivity contribution in [3.8, 4) is 0 Å². The molecule has 2 aliphatic rings. The fourth-order valence-corrected chi connectivity index (χ4v) is 9.64. The minimum atomic E-state index is -0.758. The summed E-state index contributed by atoms with van der Waals surface area (Å²) in [5.41, 5.74) is 0. The van der Waals surface area contributed by atoms with Crippen molar-refractivity contribution >= 4 is 53.2 Å². The first-order valence-electron chi connectivity index (χ1n) is 41.4. The van der Waals surface area contributed by atoms with Crippen LogP contribution in [-0.2, 0) is 162 Å². The molecule has 41 nitrogen and oxygen atoms in total. The van der Waals surface area contributed by atoms with Crippen LogP contribution in [0.2, 0.25) is 0 Å². The Balaban J connectivity index is 1.23. The van der Waals surface area contributed by atoms with Gasteiger partial charge in [0.2, 0.25) is 29.5 Å². The molecule has 0 saturated heterocycles. The van der Waals surface area contributed by atoms with Crippen LogP contribution in [0.5, 0.6) is 0 Å². The summed E-state index contributed by atoms with van der Waals surface area (Å²) in [5.74, 6) is -2.96.